The minimum atomic E-state index is -0.964. The van der Waals surface area contributed by atoms with Gasteiger partial charge in [-0.15, -0.1) is 0 Å². The van der Waals surface area contributed by atoms with Crippen LogP contribution in [0.1, 0.15) is 29.5 Å². The maximum atomic E-state index is 10.7. The van der Waals surface area contributed by atoms with Crippen LogP contribution < -0.4 is 5.11 Å². The topological polar surface area (TPSA) is 53.3 Å². The van der Waals surface area contributed by atoms with E-state index in [0.717, 1.165) is 30.7 Å². The van der Waals surface area contributed by atoms with E-state index in [-0.39, 0.29) is 6.42 Å². The fourth-order valence-corrected chi connectivity index (χ4v) is 3.28. The number of carboxylic acids is 1. The summed E-state index contributed by atoms with van der Waals surface area (Å²) in [6.07, 6.45) is 4.41. The molecular weight excluding hydrogens is 266 g/mol. The van der Waals surface area contributed by atoms with Crippen molar-refractivity contribution in [3.63, 3.8) is 0 Å². The van der Waals surface area contributed by atoms with Crippen molar-refractivity contribution >= 4 is 5.97 Å². The molecule has 1 aliphatic rings. The van der Waals surface area contributed by atoms with Gasteiger partial charge in [0.25, 0.3) is 0 Å². The van der Waals surface area contributed by atoms with Gasteiger partial charge < -0.3 is 18.8 Å². The molecule has 21 heavy (non-hydrogen) atoms. The Balaban J connectivity index is 1.75. The van der Waals surface area contributed by atoms with Gasteiger partial charge in [0.2, 0.25) is 0 Å². The largest absolute Gasteiger partial charge is 0.550 e. The molecule has 0 saturated heterocycles. The molecule has 4 heteroatoms. The minimum Gasteiger partial charge on any atom is -0.550 e. The van der Waals surface area contributed by atoms with Crippen molar-refractivity contribution in [2.24, 2.45) is 0 Å². The second-order valence-electron chi connectivity index (χ2n) is 5.92. The van der Waals surface area contributed by atoms with E-state index in [4.69, 9.17) is 4.42 Å². The summed E-state index contributed by atoms with van der Waals surface area (Å²) in [5, 5.41) is 10.7. The highest BCUT2D eigenvalue weighted by atomic mass is 16.4. The van der Waals surface area contributed by atoms with Crippen molar-refractivity contribution in [3.8, 4) is 0 Å². The Bertz CT molecular complexity index is 597. The van der Waals surface area contributed by atoms with Gasteiger partial charge in [0.15, 0.2) is 0 Å². The Morgan fingerprint density at radius 1 is 1.14 bits per heavy atom. The van der Waals surface area contributed by atoms with Crippen molar-refractivity contribution in [2.45, 2.75) is 32.5 Å². The quantitative estimate of drug-likeness (QED) is 0.761. The molecule has 3 rings (SSSR count). The molecule has 0 radical (unpaired) electrons. The Morgan fingerprint density at radius 2 is 1.81 bits per heavy atom. The number of carboxylic acid groups (broad SMARTS) is 1. The first-order chi connectivity index (χ1) is 10.2. The standard InChI is InChI=1S/C17H19NO3/c19-17(20)7-4-8-18(9-14-5-2-1-3-6-14)10-15-12-21-13-16(15)11-18/h1-3,5-6,12-13H,4,7-11H2. The molecule has 0 N–H and O–H groups in total. The smallest absolute Gasteiger partial charge is 0.109 e. The average Bonchev–Trinajstić information content (AvgIpc) is 2.98. The third-order valence-corrected chi connectivity index (χ3v) is 4.22. The highest BCUT2D eigenvalue weighted by Crippen LogP contribution is 2.33. The third-order valence-electron chi connectivity index (χ3n) is 4.22. The van der Waals surface area contributed by atoms with Gasteiger partial charge in [0, 0.05) is 18.0 Å². The van der Waals surface area contributed by atoms with Crippen LogP contribution in [0.5, 0.6) is 0 Å². The van der Waals surface area contributed by atoms with Crippen molar-refractivity contribution in [1.82, 2.24) is 0 Å². The van der Waals surface area contributed by atoms with Gasteiger partial charge in [-0.3, -0.25) is 0 Å². The fraction of sp³-hybridized carbons (Fsp3) is 0.353. The van der Waals surface area contributed by atoms with E-state index in [1.165, 1.54) is 16.7 Å². The molecule has 1 aromatic carbocycles. The van der Waals surface area contributed by atoms with Crippen LogP contribution in [0.15, 0.2) is 47.3 Å². The lowest BCUT2D eigenvalue weighted by Gasteiger charge is -2.34. The van der Waals surface area contributed by atoms with Crippen molar-refractivity contribution < 1.29 is 18.8 Å². The van der Waals surface area contributed by atoms with E-state index in [0.29, 0.717) is 6.42 Å². The zero-order valence-corrected chi connectivity index (χ0v) is 12.0. The Labute approximate surface area is 124 Å². The summed E-state index contributed by atoms with van der Waals surface area (Å²) in [5.41, 5.74) is 3.78. The van der Waals surface area contributed by atoms with E-state index in [1.807, 2.05) is 30.7 Å². The van der Waals surface area contributed by atoms with E-state index in [9.17, 15) is 9.90 Å². The number of carbonyl (C=O) groups excluding carboxylic acids is 1. The number of aliphatic carboxylic acids is 1. The number of hydrogen-bond donors (Lipinski definition) is 0. The van der Waals surface area contributed by atoms with Crippen LogP contribution in [0.25, 0.3) is 0 Å². The molecule has 2 heterocycles. The SMILES string of the molecule is O=C([O-])CCC[N+]1(Cc2ccccc2)Cc2cocc2C1. The van der Waals surface area contributed by atoms with Crippen LogP contribution >= 0.6 is 0 Å². The summed E-state index contributed by atoms with van der Waals surface area (Å²) in [4.78, 5) is 10.7. The molecule has 0 spiro atoms. The van der Waals surface area contributed by atoms with Crippen LogP contribution in [0.3, 0.4) is 0 Å². The van der Waals surface area contributed by atoms with Crippen molar-refractivity contribution in [1.29, 1.82) is 0 Å². The lowest BCUT2D eigenvalue weighted by molar-refractivity contribution is -0.960. The number of carbonyl (C=O) groups is 1. The lowest BCUT2D eigenvalue weighted by Crippen LogP contribution is -2.43. The Morgan fingerprint density at radius 3 is 2.43 bits per heavy atom. The highest BCUT2D eigenvalue weighted by Gasteiger charge is 2.36. The van der Waals surface area contributed by atoms with Crippen LogP contribution in [-0.2, 0) is 24.4 Å². The molecule has 1 aliphatic heterocycles. The van der Waals surface area contributed by atoms with E-state index >= 15 is 0 Å². The molecule has 0 bridgehead atoms. The molecule has 1 aromatic heterocycles. The predicted molar refractivity (Wildman–Crippen MR) is 75.6 cm³/mol. The zero-order chi connectivity index (χ0) is 14.7. The lowest BCUT2D eigenvalue weighted by atomic mass is 10.1. The molecular formula is C17H19NO3. The number of benzene rings is 1. The Kier molecular flexibility index (Phi) is 3.80. The van der Waals surface area contributed by atoms with E-state index < -0.39 is 5.97 Å². The Hall–Kier alpha value is -2.07. The van der Waals surface area contributed by atoms with Gasteiger partial charge >= 0.3 is 0 Å². The third kappa shape index (κ3) is 3.16. The van der Waals surface area contributed by atoms with E-state index in [1.54, 1.807) is 0 Å². The summed E-state index contributed by atoms with van der Waals surface area (Å²) in [6, 6.07) is 10.4. The molecule has 0 aliphatic carbocycles. The van der Waals surface area contributed by atoms with Gasteiger partial charge in [-0.25, -0.2) is 0 Å². The van der Waals surface area contributed by atoms with Gasteiger partial charge in [0.05, 0.1) is 30.2 Å². The first kappa shape index (κ1) is 13.9. The number of rotatable bonds is 6. The van der Waals surface area contributed by atoms with Gasteiger partial charge in [0.1, 0.15) is 19.6 Å². The molecule has 0 fully saturated rings. The fourth-order valence-electron chi connectivity index (χ4n) is 3.28. The summed E-state index contributed by atoms with van der Waals surface area (Å²) < 4.78 is 6.13. The van der Waals surface area contributed by atoms with Gasteiger partial charge in [-0.1, -0.05) is 30.3 Å². The number of nitrogens with zero attached hydrogens (tertiary/aromatic N) is 1. The maximum Gasteiger partial charge on any atom is 0.109 e. The normalized spacial score (nSPS) is 15.8. The zero-order valence-electron chi connectivity index (χ0n) is 12.0. The molecule has 0 unspecified atom stereocenters. The molecule has 0 atom stereocenters. The summed E-state index contributed by atoms with van der Waals surface area (Å²) >= 11 is 0. The summed E-state index contributed by atoms with van der Waals surface area (Å²) in [6.45, 7) is 3.58. The highest BCUT2D eigenvalue weighted by molar-refractivity contribution is 5.64. The second-order valence-corrected chi connectivity index (χ2v) is 5.92. The first-order valence-electron chi connectivity index (χ1n) is 7.30. The maximum absolute atomic E-state index is 10.7. The second kappa shape index (κ2) is 5.74. The van der Waals surface area contributed by atoms with Crippen molar-refractivity contribution in [2.75, 3.05) is 6.54 Å². The van der Waals surface area contributed by atoms with Crippen LogP contribution in [0.4, 0.5) is 0 Å². The summed E-state index contributed by atoms with van der Waals surface area (Å²) in [7, 11) is 0. The minimum absolute atomic E-state index is 0.128. The molecule has 110 valence electrons. The van der Waals surface area contributed by atoms with Gasteiger partial charge in [-0.2, -0.15) is 0 Å². The van der Waals surface area contributed by atoms with Crippen LogP contribution in [-0.4, -0.2) is 17.0 Å². The van der Waals surface area contributed by atoms with Crippen LogP contribution in [0, 0.1) is 0 Å². The van der Waals surface area contributed by atoms with Crippen molar-refractivity contribution in [3.05, 3.63) is 59.5 Å². The monoisotopic (exact) mass is 285 g/mol. The predicted octanol–water partition coefficient (Wildman–Crippen LogP) is 1.84. The average molecular weight is 285 g/mol. The molecule has 2 aromatic rings. The van der Waals surface area contributed by atoms with Gasteiger partial charge in [-0.05, 0) is 6.42 Å². The summed E-state index contributed by atoms with van der Waals surface area (Å²) in [5.74, 6) is -0.964. The first-order valence-corrected chi connectivity index (χ1v) is 7.30. The number of furan rings is 1. The van der Waals surface area contributed by atoms with Crippen LogP contribution in [0.2, 0.25) is 0 Å². The number of fused-ring (bicyclic) bond motifs is 1. The number of hydrogen-bond acceptors (Lipinski definition) is 3. The molecule has 4 nitrogen and oxygen atoms in total. The molecule has 0 amide bonds. The number of quaternary nitrogens is 1. The molecule has 0 saturated carbocycles. The van der Waals surface area contributed by atoms with E-state index in [2.05, 4.69) is 12.1 Å².